The van der Waals surface area contributed by atoms with E-state index in [0.29, 0.717) is 16.9 Å². The molecular weight excluding hydrogens is 471 g/mol. The zero-order valence-electron chi connectivity index (χ0n) is 17.7. The van der Waals surface area contributed by atoms with Crippen molar-refractivity contribution in [3.63, 3.8) is 0 Å². The van der Waals surface area contributed by atoms with Gasteiger partial charge in [0.15, 0.2) is 5.65 Å². The van der Waals surface area contributed by atoms with Crippen molar-refractivity contribution in [3.8, 4) is 0 Å². The van der Waals surface area contributed by atoms with Gasteiger partial charge in [-0.2, -0.15) is 13.2 Å². The maximum absolute atomic E-state index is 13.5. The highest BCUT2D eigenvalue weighted by molar-refractivity contribution is 6.33. The minimum absolute atomic E-state index is 0.0881. The van der Waals surface area contributed by atoms with Gasteiger partial charge in [-0.25, -0.2) is 19.9 Å². The normalized spacial score (nSPS) is 12.5. The smallest absolute Gasteiger partial charge is 0.382 e. The van der Waals surface area contributed by atoms with Crippen molar-refractivity contribution in [1.82, 2.24) is 29.8 Å². The largest absolute Gasteiger partial charge is 0.417 e. The third kappa shape index (κ3) is 4.88. The number of amides is 1. The molecule has 4 aromatic heterocycles. The van der Waals surface area contributed by atoms with Crippen LogP contribution in [-0.2, 0) is 12.7 Å². The summed E-state index contributed by atoms with van der Waals surface area (Å²) in [5.41, 5.74) is 5.62. The van der Waals surface area contributed by atoms with Crippen LogP contribution in [0.15, 0.2) is 55.1 Å². The third-order valence-electron chi connectivity index (χ3n) is 5.07. The zero-order valence-corrected chi connectivity index (χ0v) is 18.4. The van der Waals surface area contributed by atoms with Gasteiger partial charge in [0.1, 0.15) is 11.6 Å². The number of carbonyl (C=O) groups is 1. The van der Waals surface area contributed by atoms with Crippen molar-refractivity contribution < 1.29 is 18.0 Å². The summed E-state index contributed by atoms with van der Waals surface area (Å²) in [5.74, 6) is 0.0172. The number of fused-ring (bicyclic) bond motifs is 1. The summed E-state index contributed by atoms with van der Waals surface area (Å²) in [6, 6.07) is 6.28. The molecule has 34 heavy (non-hydrogen) atoms. The molecule has 0 spiro atoms. The first kappa shape index (κ1) is 23.3. The van der Waals surface area contributed by atoms with E-state index in [2.05, 4.69) is 24.9 Å². The second-order valence-electron chi connectivity index (χ2n) is 7.38. The van der Waals surface area contributed by atoms with Gasteiger partial charge in [-0.1, -0.05) is 11.6 Å². The molecule has 4 rings (SSSR count). The predicted octanol–water partition coefficient (Wildman–Crippen LogP) is 4.47. The van der Waals surface area contributed by atoms with Crippen LogP contribution in [0.5, 0.6) is 0 Å². The summed E-state index contributed by atoms with van der Waals surface area (Å²) in [7, 11) is 0. The van der Waals surface area contributed by atoms with Gasteiger partial charge >= 0.3 is 6.18 Å². The Morgan fingerprint density at radius 2 is 1.85 bits per heavy atom. The van der Waals surface area contributed by atoms with E-state index < -0.39 is 23.7 Å². The molecule has 0 bridgehead atoms. The van der Waals surface area contributed by atoms with Gasteiger partial charge < -0.3 is 10.6 Å². The van der Waals surface area contributed by atoms with Crippen molar-refractivity contribution in [2.24, 2.45) is 0 Å². The molecule has 0 radical (unpaired) electrons. The number of nitrogens with zero attached hydrogens (tertiary/aromatic N) is 6. The van der Waals surface area contributed by atoms with Gasteiger partial charge in [0.05, 0.1) is 34.4 Å². The van der Waals surface area contributed by atoms with Crippen LogP contribution in [0.4, 0.5) is 19.0 Å². The summed E-state index contributed by atoms with van der Waals surface area (Å²) in [4.78, 5) is 35.5. The number of anilines is 1. The number of hydrogen-bond acceptors (Lipinski definition) is 7. The summed E-state index contributed by atoms with van der Waals surface area (Å²) in [5, 5.41) is 0.719. The molecule has 8 nitrogen and oxygen atoms in total. The average molecular weight is 488 g/mol. The van der Waals surface area contributed by atoms with Crippen molar-refractivity contribution in [3.05, 3.63) is 82.8 Å². The quantitative estimate of drug-likeness (QED) is 0.442. The molecule has 1 amide bonds. The van der Waals surface area contributed by atoms with E-state index in [-0.39, 0.29) is 28.6 Å². The zero-order chi connectivity index (χ0) is 24.5. The van der Waals surface area contributed by atoms with Crippen LogP contribution in [-0.4, -0.2) is 35.7 Å². The topological polar surface area (TPSA) is 111 Å². The lowest BCUT2D eigenvalue weighted by molar-refractivity contribution is -0.137. The Hall–Kier alpha value is -3.86. The Labute approximate surface area is 196 Å². The van der Waals surface area contributed by atoms with Crippen LogP contribution < -0.4 is 5.73 Å². The molecule has 4 aromatic rings. The SMILES string of the molecule is C[C@H](c1ncccn1)N(Cc1ccc(C(F)(F)F)cn1)C(=O)c1cnc2nc(N)c(Cl)cc2c1. The molecule has 4 heterocycles. The first-order valence-corrected chi connectivity index (χ1v) is 10.3. The van der Waals surface area contributed by atoms with E-state index >= 15 is 0 Å². The molecule has 0 aliphatic carbocycles. The fourth-order valence-electron chi connectivity index (χ4n) is 3.25. The van der Waals surface area contributed by atoms with Crippen LogP contribution in [0.2, 0.25) is 5.02 Å². The third-order valence-corrected chi connectivity index (χ3v) is 5.37. The molecule has 174 valence electrons. The van der Waals surface area contributed by atoms with Gasteiger partial charge in [0, 0.05) is 30.2 Å². The van der Waals surface area contributed by atoms with E-state index in [9.17, 15) is 18.0 Å². The minimum atomic E-state index is -4.51. The van der Waals surface area contributed by atoms with Crippen LogP contribution in [0, 0.1) is 0 Å². The second kappa shape index (κ2) is 9.18. The fraction of sp³-hybridized carbons (Fsp3) is 0.182. The second-order valence-corrected chi connectivity index (χ2v) is 7.79. The first-order valence-electron chi connectivity index (χ1n) is 9.95. The van der Waals surface area contributed by atoms with Gasteiger partial charge in [-0.3, -0.25) is 9.78 Å². The summed E-state index contributed by atoms with van der Waals surface area (Å²) in [6.07, 6.45) is 0.636. The molecule has 0 aliphatic heterocycles. The maximum atomic E-state index is 13.5. The Morgan fingerprint density at radius 1 is 1.12 bits per heavy atom. The molecular formula is C22H17ClF3N7O. The number of halogens is 4. The monoisotopic (exact) mass is 487 g/mol. The van der Waals surface area contributed by atoms with E-state index in [4.69, 9.17) is 17.3 Å². The number of rotatable bonds is 5. The standard InChI is InChI=1S/C22H17ClF3N7O/c1-12(19-28-5-2-6-29-19)33(11-16-4-3-15(10-30-16)22(24,25)26)21(34)14-7-13-8-17(23)18(27)32-20(13)31-9-14/h2-10,12H,11H2,1H3,(H2,27,31,32)/t12-/m1/s1. The van der Waals surface area contributed by atoms with Crippen molar-refractivity contribution in [1.29, 1.82) is 0 Å². The Bertz CT molecular complexity index is 1330. The lowest BCUT2D eigenvalue weighted by Crippen LogP contribution is -2.34. The summed E-state index contributed by atoms with van der Waals surface area (Å²) >= 11 is 6.05. The lowest BCUT2D eigenvalue weighted by Gasteiger charge is -2.28. The van der Waals surface area contributed by atoms with Crippen molar-refractivity contribution in [2.45, 2.75) is 25.7 Å². The number of pyridine rings is 3. The Morgan fingerprint density at radius 3 is 2.50 bits per heavy atom. The molecule has 2 N–H and O–H groups in total. The summed E-state index contributed by atoms with van der Waals surface area (Å²) < 4.78 is 38.7. The molecule has 0 aromatic carbocycles. The fourth-order valence-corrected chi connectivity index (χ4v) is 3.41. The van der Waals surface area contributed by atoms with Crippen LogP contribution >= 0.6 is 11.6 Å². The number of carbonyl (C=O) groups excluding carboxylic acids is 1. The number of nitrogen functional groups attached to an aromatic ring is 1. The number of alkyl halides is 3. The van der Waals surface area contributed by atoms with Gasteiger partial charge in [-0.05, 0) is 37.3 Å². The molecule has 0 fully saturated rings. The molecule has 1 atom stereocenters. The van der Waals surface area contributed by atoms with E-state index in [0.717, 1.165) is 12.3 Å². The number of nitrogens with two attached hydrogens (primary N) is 1. The highest BCUT2D eigenvalue weighted by Gasteiger charge is 2.31. The highest BCUT2D eigenvalue weighted by atomic mass is 35.5. The number of hydrogen-bond donors (Lipinski definition) is 1. The molecule has 0 unspecified atom stereocenters. The van der Waals surface area contributed by atoms with Crippen LogP contribution in [0.3, 0.4) is 0 Å². The Kier molecular flexibility index (Phi) is 6.29. The highest BCUT2D eigenvalue weighted by Crippen LogP contribution is 2.29. The Balaban J connectivity index is 1.70. The lowest BCUT2D eigenvalue weighted by atomic mass is 10.1. The minimum Gasteiger partial charge on any atom is -0.382 e. The van der Waals surface area contributed by atoms with E-state index in [1.54, 1.807) is 25.1 Å². The molecule has 12 heteroatoms. The average Bonchev–Trinajstić information content (AvgIpc) is 2.82. The first-order chi connectivity index (χ1) is 16.1. The predicted molar refractivity (Wildman–Crippen MR) is 119 cm³/mol. The van der Waals surface area contributed by atoms with Crippen LogP contribution in [0.1, 0.15) is 40.4 Å². The molecule has 0 saturated carbocycles. The van der Waals surface area contributed by atoms with Crippen molar-refractivity contribution >= 4 is 34.4 Å². The van der Waals surface area contributed by atoms with Gasteiger partial charge in [-0.15, -0.1) is 0 Å². The van der Waals surface area contributed by atoms with Crippen molar-refractivity contribution in [2.75, 3.05) is 5.73 Å². The van der Waals surface area contributed by atoms with E-state index in [1.165, 1.54) is 29.6 Å². The van der Waals surface area contributed by atoms with Gasteiger partial charge in [0.25, 0.3) is 5.91 Å². The maximum Gasteiger partial charge on any atom is 0.417 e. The number of aromatic nitrogens is 5. The molecule has 0 aliphatic rings. The molecule has 0 saturated heterocycles. The van der Waals surface area contributed by atoms with Gasteiger partial charge in [0.2, 0.25) is 0 Å². The summed E-state index contributed by atoms with van der Waals surface area (Å²) in [6.45, 7) is 1.63. The van der Waals surface area contributed by atoms with E-state index in [1.807, 2.05) is 0 Å². The van der Waals surface area contributed by atoms with Crippen LogP contribution in [0.25, 0.3) is 11.0 Å².